The van der Waals surface area contributed by atoms with Gasteiger partial charge in [0.1, 0.15) is 5.82 Å². The average Bonchev–Trinajstić information content (AvgIpc) is 2.68. The lowest BCUT2D eigenvalue weighted by Gasteiger charge is -2.15. The molecular formula is C13H18ClFN2O. The number of anilines is 1. The molecule has 1 aliphatic rings. The third-order valence-corrected chi connectivity index (χ3v) is 3.29. The minimum absolute atomic E-state index is 0. The number of nitrogens with one attached hydrogen (secondary N) is 1. The second-order valence-electron chi connectivity index (χ2n) is 4.67. The van der Waals surface area contributed by atoms with Gasteiger partial charge in [-0.3, -0.25) is 4.79 Å². The molecule has 0 aromatic heterocycles. The van der Waals surface area contributed by atoms with Crippen LogP contribution < -0.4 is 11.1 Å². The van der Waals surface area contributed by atoms with E-state index in [0.29, 0.717) is 0 Å². The van der Waals surface area contributed by atoms with E-state index >= 15 is 0 Å². The third kappa shape index (κ3) is 3.21. The summed E-state index contributed by atoms with van der Waals surface area (Å²) in [4.78, 5) is 11.9. The first-order valence-electron chi connectivity index (χ1n) is 5.90. The van der Waals surface area contributed by atoms with Crippen molar-refractivity contribution in [3.05, 3.63) is 29.6 Å². The third-order valence-electron chi connectivity index (χ3n) is 3.29. The molecule has 3 nitrogen and oxygen atoms in total. The van der Waals surface area contributed by atoms with Gasteiger partial charge in [0.05, 0.1) is 11.6 Å². The number of rotatable bonds is 2. The Balaban J connectivity index is 0.00000162. The molecule has 1 aromatic carbocycles. The van der Waals surface area contributed by atoms with Gasteiger partial charge in [-0.05, 0) is 37.5 Å². The lowest BCUT2D eigenvalue weighted by Crippen LogP contribution is -2.34. The van der Waals surface area contributed by atoms with Crippen molar-refractivity contribution in [3.63, 3.8) is 0 Å². The van der Waals surface area contributed by atoms with Crippen LogP contribution >= 0.6 is 12.4 Å². The lowest BCUT2D eigenvalue weighted by atomic mass is 10.0. The number of halogens is 2. The summed E-state index contributed by atoms with van der Waals surface area (Å²) in [7, 11) is 0. The van der Waals surface area contributed by atoms with Gasteiger partial charge in [-0.15, -0.1) is 12.4 Å². The summed E-state index contributed by atoms with van der Waals surface area (Å²) in [6, 6.07) is 4.67. The minimum Gasteiger partial charge on any atom is -0.327 e. The summed E-state index contributed by atoms with van der Waals surface area (Å²) < 4.78 is 13.5. The van der Waals surface area contributed by atoms with Crippen molar-refractivity contribution in [1.29, 1.82) is 0 Å². The minimum atomic E-state index is -0.398. The Morgan fingerprint density at radius 3 is 2.72 bits per heavy atom. The Morgan fingerprint density at radius 1 is 1.44 bits per heavy atom. The summed E-state index contributed by atoms with van der Waals surface area (Å²) in [5, 5.41) is 2.62. The number of carbonyl (C=O) groups is 1. The van der Waals surface area contributed by atoms with Crippen LogP contribution in [0.4, 0.5) is 10.1 Å². The molecule has 0 radical (unpaired) electrons. The van der Waals surface area contributed by atoms with E-state index in [1.54, 1.807) is 12.1 Å². The molecule has 2 unspecified atom stereocenters. The summed E-state index contributed by atoms with van der Waals surface area (Å²) in [6.45, 7) is 1.81. The molecule has 5 heteroatoms. The highest BCUT2D eigenvalue weighted by Gasteiger charge is 2.30. The Labute approximate surface area is 112 Å². The predicted octanol–water partition coefficient (Wildman–Crippen LogP) is 2.62. The molecule has 1 amide bonds. The van der Waals surface area contributed by atoms with Crippen LogP contribution in [-0.2, 0) is 4.79 Å². The van der Waals surface area contributed by atoms with Crippen LogP contribution in [0.5, 0.6) is 0 Å². The maximum Gasteiger partial charge on any atom is 0.229 e. The number of carbonyl (C=O) groups excluding carboxylic acids is 1. The van der Waals surface area contributed by atoms with Crippen LogP contribution in [0.3, 0.4) is 0 Å². The summed E-state index contributed by atoms with van der Waals surface area (Å²) in [6.07, 6.45) is 2.63. The van der Waals surface area contributed by atoms with Crippen molar-refractivity contribution in [3.8, 4) is 0 Å². The van der Waals surface area contributed by atoms with E-state index in [-0.39, 0.29) is 36.0 Å². The first kappa shape index (κ1) is 14.9. The van der Waals surface area contributed by atoms with E-state index in [2.05, 4.69) is 5.32 Å². The van der Waals surface area contributed by atoms with Gasteiger partial charge in [-0.2, -0.15) is 0 Å². The zero-order valence-corrected chi connectivity index (χ0v) is 11.1. The quantitative estimate of drug-likeness (QED) is 0.870. The first-order valence-corrected chi connectivity index (χ1v) is 5.90. The second kappa shape index (κ2) is 6.16. The normalized spacial score (nSPS) is 22.4. The molecule has 1 saturated carbocycles. The Hall–Kier alpha value is -1.13. The van der Waals surface area contributed by atoms with Crippen molar-refractivity contribution in [2.24, 2.45) is 11.7 Å². The number of aryl methyl sites for hydroxylation is 1. The lowest BCUT2D eigenvalue weighted by molar-refractivity contribution is -0.120. The van der Waals surface area contributed by atoms with Gasteiger partial charge in [0.25, 0.3) is 0 Å². The Bertz CT molecular complexity index is 439. The molecule has 2 atom stereocenters. The zero-order valence-electron chi connectivity index (χ0n) is 10.3. The van der Waals surface area contributed by atoms with Gasteiger partial charge in [0, 0.05) is 6.04 Å². The van der Waals surface area contributed by atoms with Crippen molar-refractivity contribution < 1.29 is 9.18 Å². The van der Waals surface area contributed by atoms with Crippen molar-refractivity contribution in [2.75, 3.05) is 5.32 Å². The predicted molar refractivity (Wildman–Crippen MR) is 72.3 cm³/mol. The number of nitrogens with two attached hydrogens (primary N) is 1. The molecule has 1 aromatic rings. The number of benzene rings is 1. The molecule has 18 heavy (non-hydrogen) atoms. The molecule has 100 valence electrons. The Kier molecular flexibility index (Phi) is 5.11. The maximum absolute atomic E-state index is 13.5. The number of amides is 1. The largest absolute Gasteiger partial charge is 0.327 e. The number of hydrogen-bond acceptors (Lipinski definition) is 2. The molecule has 2 rings (SSSR count). The van der Waals surface area contributed by atoms with Gasteiger partial charge < -0.3 is 11.1 Å². The molecule has 0 saturated heterocycles. The van der Waals surface area contributed by atoms with Crippen LogP contribution in [0.15, 0.2) is 18.2 Å². The Morgan fingerprint density at radius 2 is 2.17 bits per heavy atom. The molecule has 1 aliphatic carbocycles. The van der Waals surface area contributed by atoms with E-state index < -0.39 is 5.82 Å². The first-order chi connectivity index (χ1) is 8.08. The molecule has 0 aliphatic heterocycles. The highest BCUT2D eigenvalue weighted by atomic mass is 35.5. The SMILES string of the molecule is Cc1ccc(NC(=O)C2CCCC2N)c(F)c1.Cl. The summed E-state index contributed by atoms with van der Waals surface area (Å²) >= 11 is 0. The fourth-order valence-corrected chi connectivity index (χ4v) is 2.26. The van der Waals surface area contributed by atoms with E-state index in [9.17, 15) is 9.18 Å². The van der Waals surface area contributed by atoms with E-state index in [4.69, 9.17) is 5.73 Å². The highest BCUT2D eigenvalue weighted by Crippen LogP contribution is 2.26. The van der Waals surface area contributed by atoms with Gasteiger partial charge in [-0.1, -0.05) is 12.5 Å². The monoisotopic (exact) mass is 272 g/mol. The molecular weight excluding hydrogens is 255 g/mol. The molecule has 1 fully saturated rings. The fourth-order valence-electron chi connectivity index (χ4n) is 2.26. The van der Waals surface area contributed by atoms with Crippen molar-refractivity contribution >= 4 is 24.0 Å². The van der Waals surface area contributed by atoms with Gasteiger partial charge in [0.2, 0.25) is 5.91 Å². The van der Waals surface area contributed by atoms with Crippen molar-refractivity contribution in [1.82, 2.24) is 0 Å². The summed E-state index contributed by atoms with van der Waals surface area (Å²) in [5.74, 6) is -0.752. The van der Waals surface area contributed by atoms with E-state index in [1.807, 2.05) is 6.92 Å². The molecule has 0 bridgehead atoms. The molecule has 0 heterocycles. The smallest absolute Gasteiger partial charge is 0.229 e. The maximum atomic E-state index is 13.5. The average molecular weight is 273 g/mol. The van der Waals surface area contributed by atoms with Gasteiger partial charge in [-0.25, -0.2) is 4.39 Å². The fraction of sp³-hybridized carbons (Fsp3) is 0.462. The summed E-state index contributed by atoms with van der Waals surface area (Å²) in [5.41, 5.74) is 6.91. The van der Waals surface area contributed by atoms with Crippen LogP contribution in [0.25, 0.3) is 0 Å². The standard InChI is InChI=1S/C13H17FN2O.ClH/c1-8-5-6-12(10(14)7-8)16-13(17)9-3-2-4-11(9)15;/h5-7,9,11H,2-4,15H2,1H3,(H,16,17);1H. The highest BCUT2D eigenvalue weighted by molar-refractivity contribution is 5.93. The van der Waals surface area contributed by atoms with Crippen LogP contribution in [-0.4, -0.2) is 11.9 Å². The van der Waals surface area contributed by atoms with Gasteiger partial charge in [0.15, 0.2) is 0 Å². The van der Waals surface area contributed by atoms with Crippen molar-refractivity contribution in [2.45, 2.75) is 32.2 Å². The zero-order chi connectivity index (χ0) is 12.4. The molecule has 0 spiro atoms. The number of hydrogen-bond donors (Lipinski definition) is 2. The van der Waals surface area contributed by atoms with Crippen LogP contribution in [0, 0.1) is 18.7 Å². The molecule has 3 N–H and O–H groups in total. The topological polar surface area (TPSA) is 55.1 Å². The second-order valence-corrected chi connectivity index (χ2v) is 4.67. The van der Waals surface area contributed by atoms with E-state index in [0.717, 1.165) is 24.8 Å². The van der Waals surface area contributed by atoms with E-state index in [1.165, 1.54) is 6.07 Å². The van der Waals surface area contributed by atoms with Gasteiger partial charge >= 0.3 is 0 Å². The van der Waals surface area contributed by atoms with Crippen LogP contribution in [0.2, 0.25) is 0 Å². The van der Waals surface area contributed by atoms with Crippen LogP contribution in [0.1, 0.15) is 24.8 Å².